The molecule has 4 rings (SSSR count). The molecule has 0 fully saturated rings. The summed E-state index contributed by atoms with van der Waals surface area (Å²) in [5, 5.41) is 0.519. The molecule has 0 amide bonds. The topological polar surface area (TPSA) is 91.8 Å². The maximum absolute atomic E-state index is 13.0. The molecule has 0 saturated carbocycles. The monoisotopic (exact) mass is 473 g/mol. The van der Waals surface area contributed by atoms with Gasteiger partial charge in [0.15, 0.2) is 0 Å². The first-order valence-corrected chi connectivity index (χ1v) is 10.1. The van der Waals surface area contributed by atoms with Gasteiger partial charge in [-0.1, -0.05) is 6.07 Å². The van der Waals surface area contributed by atoms with Crippen molar-refractivity contribution in [2.24, 2.45) is 0 Å². The highest BCUT2D eigenvalue weighted by Crippen LogP contribution is 2.32. The number of carbonyl (C=O) groups is 1. The number of nitrogens with zero attached hydrogens (tertiary/aromatic N) is 1. The lowest BCUT2D eigenvalue weighted by Gasteiger charge is -2.07. The minimum atomic E-state index is -4.46. The number of ether oxygens (including phenoxy) is 2. The number of aryl methyl sites for hydroxylation is 1. The molecule has 0 atom stereocenters. The molecule has 0 N–H and O–H groups in total. The molecule has 4 aromatic rings. The molecular weight excluding hydrogens is 455 g/mol. The second-order valence-electron chi connectivity index (χ2n) is 7.34. The number of fused-ring (bicyclic) bond motifs is 1. The Morgan fingerprint density at radius 2 is 1.88 bits per heavy atom. The number of carbonyl (C=O) groups excluding carboxylic acids is 1. The maximum Gasteiger partial charge on any atom is 0.416 e. The van der Waals surface area contributed by atoms with Crippen LogP contribution in [0, 0.1) is 6.92 Å². The van der Waals surface area contributed by atoms with Gasteiger partial charge in [0.2, 0.25) is 5.89 Å². The predicted molar refractivity (Wildman–Crippen MR) is 115 cm³/mol. The van der Waals surface area contributed by atoms with E-state index in [0.29, 0.717) is 29.0 Å². The van der Waals surface area contributed by atoms with Crippen LogP contribution >= 0.6 is 0 Å². The van der Waals surface area contributed by atoms with Crippen LogP contribution in [0.5, 0.6) is 5.75 Å². The van der Waals surface area contributed by atoms with Crippen LogP contribution in [-0.2, 0) is 17.3 Å². The van der Waals surface area contributed by atoms with E-state index in [1.165, 1.54) is 31.4 Å². The highest BCUT2D eigenvalue weighted by Gasteiger charge is 2.31. The van der Waals surface area contributed by atoms with Crippen LogP contribution in [0.4, 0.5) is 13.2 Å². The molecule has 0 spiro atoms. The van der Waals surface area contributed by atoms with Gasteiger partial charge in [-0.25, -0.2) is 14.6 Å². The minimum absolute atomic E-state index is 0.0903. The van der Waals surface area contributed by atoms with Crippen molar-refractivity contribution in [1.82, 2.24) is 4.98 Å². The van der Waals surface area contributed by atoms with Gasteiger partial charge in [-0.15, -0.1) is 0 Å². The van der Waals surface area contributed by atoms with E-state index in [1.54, 1.807) is 19.1 Å². The molecule has 2 aromatic heterocycles. The average Bonchev–Trinajstić information content (AvgIpc) is 3.18. The molecule has 0 radical (unpaired) electrons. The van der Waals surface area contributed by atoms with E-state index in [4.69, 9.17) is 13.6 Å². The van der Waals surface area contributed by atoms with E-state index in [-0.39, 0.29) is 29.2 Å². The van der Waals surface area contributed by atoms with E-state index >= 15 is 0 Å². The molecule has 10 heteroatoms. The molecule has 2 aromatic carbocycles. The highest BCUT2D eigenvalue weighted by molar-refractivity contribution is 5.92. The quantitative estimate of drug-likeness (QED) is 0.281. The van der Waals surface area contributed by atoms with Gasteiger partial charge in [-0.05, 0) is 43.3 Å². The third kappa shape index (κ3) is 4.80. The van der Waals surface area contributed by atoms with Crippen LogP contribution in [-0.4, -0.2) is 24.7 Å². The fourth-order valence-corrected chi connectivity index (χ4v) is 3.31. The van der Waals surface area contributed by atoms with Crippen LogP contribution in [0.3, 0.4) is 0 Å². The predicted octanol–water partition coefficient (Wildman–Crippen LogP) is 5.18. The first kappa shape index (κ1) is 23.1. The summed E-state index contributed by atoms with van der Waals surface area (Å²) >= 11 is 0. The number of esters is 1. The van der Waals surface area contributed by atoms with E-state index in [0.717, 1.165) is 12.1 Å². The molecule has 2 heterocycles. The number of hydrogen-bond donors (Lipinski definition) is 0. The zero-order valence-electron chi connectivity index (χ0n) is 18.1. The molecule has 7 nitrogen and oxygen atoms in total. The number of oxazole rings is 1. The summed E-state index contributed by atoms with van der Waals surface area (Å²) in [4.78, 5) is 27.9. The Labute approximate surface area is 190 Å². The Bertz CT molecular complexity index is 1420. The third-order valence-electron chi connectivity index (χ3n) is 5.05. The van der Waals surface area contributed by atoms with Crippen LogP contribution < -0.4 is 10.4 Å². The summed E-state index contributed by atoms with van der Waals surface area (Å²) in [7, 11) is 1.17. The van der Waals surface area contributed by atoms with Gasteiger partial charge in [0.05, 0.1) is 25.0 Å². The van der Waals surface area contributed by atoms with Crippen molar-refractivity contribution in [3.63, 3.8) is 0 Å². The largest absolute Gasteiger partial charge is 0.493 e. The summed E-state index contributed by atoms with van der Waals surface area (Å²) in [6, 6.07) is 10.9. The van der Waals surface area contributed by atoms with Crippen LogP contribution in [0.2, 0.25) is 0 Å². The van der Waals surface area contributed by atoms with Crippen LogP contribution in [0.15, 0.2) is 62.2 Å². The van der Waals surface area contributed by atoms with E-state index in [9.17, 15) is 22.8 Å². The second-order valence-corrected chi connectivity index (χ2v) is 7.34. The van der Waals surface area contributed by atoms with Crippen molar-refractivity contribution in [2.75, 3.05) is 13.7 Å². The molecule has 176 valence electrons. The van der Waals surface area contributed by atoms with Gasteiger partial charge in [-0.3, -0.25) is 0 Å². The Hall–Kier alpha value is -4.08. The van der Waals surface area contributed by atoms with Crippen LogP contribution in [0.1, 0.15) is 27.4 Å². The molecule has 0 saturated heterocycles. The third-order valence-corrected chi connectivity index (χ3v) is 5.05. The number of halogens is 3. The number of hydrogen-bond acceptors (Lipinski definition) is 7. The number of methoxy groups -OCH3 is 1. The lowest BCUT2D eigenvalue weighted by atomic mass is 10.1. The fourth-order valence-electron chi connectivity index (χ4n) is 3.31. The number of rotatable bonds is 6. The lowest BCUT2D eigenvalue weighted by Crippen LogP contribution is -2.14. The van der Waals surface area contributed by atoms with Crippen LogP contribution in [0.25, 0.3) is 22.4 Å². The minimum Gasteiger partial charge on any atom is -0.493 e. The Kier molecular flexibility index (Phi) is 6.14. The Morgan fingerprint density at radius 1 is 1.09 bits per heavy atom. The lowest BCUT2D eigenvalue weighted by molar-refractivity contribution is -0.137. The summed E-state index contributed by atoms with van der Waals surface area (Å²) < 4.78 is 59.9. The molecule has 0 aliphatic heterocycles. The number of benzene rings is 2. The van der Waals surface area contributed by atoms with Crippen molar-refractivity contribution >= 4 is 16.9 Å². The maximum atomic E-state index is 13.0. The summed E-state index contributed by atoms with van der Waals surface area (Å²) in [6.07, 6.45) is -4.13. The molecule has 0 aliphatic rings. The zero-order valence-corrected chi connectivity index (χ0v) is 18.1. The van der Waals surface area contributed by atoms with Gasteiger partial charge in [0.25, 0.3) is 0 Å². The van der Waals surface area contributed by atoms with Gasteiger partial charge >= 0.3 is 17.8 Å². The van der Waals surface area contributed by atoms with Crippen molar-refractivity contribution < 1.29 is 36.3 Å². The number of alkyl halides is 3. The Morgan fingerprint density at radius 3 is 2.62 bits per heavy atom. The van der Waals surface area contributed by atoms with E-state index in [1.807, 2.05) is 0 Å². The molecular formula is C24H18F3NO6. The molecule has 0 aliphatic carbocycles. The van der Waals surface area contributed by atoms with Crippen molar-refractivity contribution in [3.8, 4) is 17.2 Å². The highest BCUT2D eigenvalue weighted by atomic mass is 19.4. The van der Waals surface area contributed by atoms with Gasteiger partial charge in [-0.2, -0.15) is 13.2 Å². The zero-order chi connectivity index (χ0) is 24.5. The Balaban J connectivity index is 1.46. The molecule has 34 heavy (non-hydrogen) atoms. The second kappa shape index (κ2) is 9.05. The van der Waals surface area contributed by atoms with Gasteiger partial charge in [0.1, 0.15) is 22.7 Å². The standard InChI is InChI=1S/C24H18F3NO6/c1-13-19(28-21(33-13)15-4-3-5-16(10-15)24(25,26)27)8-9-32-17-7-6-14-11-18(22(29)31-2)23(30)34-20(14)12-17/h3-7,10-12H,8-9H2,1-2H3. The van der Waals surface area contributed by atoms with E-state index < -0.39 is 23.3 Å². The van der Waals surface area contributed by atoms with Gasteiger partial charge in [0, 0.05) is 23.4 Å². The fraction of sp³-hybridized carbons (Fsp3) is 0.208. The molecule has 0 bridgehead atoms. The normalized spacial score (nSPS) is 11.6. The smallest absolute Gasteiger partial charge is 0.416 e. The van der Waals surface area contributed by atoms with Gasteiger partial charge < -0.3 is 18.3 Å². The number of aromatic nitrogens is 1. The summed E-state index contributed by atoms with van der Waals surface area (Å²) in [6.45, 7) is 1.86. The SMILES string of the molecule is COC(=O)c1cc2ccc(OCCc3nc(-c4cccc(C(F)(F)F)c4)oc3C)cc2oc1=O. The average molecular weight is 473 g/mol. The van der Waals surface area contributed by atoms with Crippen molar-refractivity contribution in [3.05, 3.63) is 81.5 Å². The van der Waals surface area contributed by atoms with Crippen molar-refractivity contribution in [1.29, 1.82) is 0 Å². The van der Waals surface area contributed by atoms with E-state index in [2.05, 4.69) is 9.72 Å². The summed E-state index contributed by atoms with van der Waals surface area (Å²) in [5.41, 5.74) is -0.811. The first-order chi connectivity index (χ1) is 16.2. The molecule has 0 unspecified atom stereocenters. The van der Waals surface area contributed by atoms with Crippen molar-refractivity contribution in [2.45, 2.75) is 19.5 Å². The first-order valence-electron chi connectivity index (χ1n) is 10.1. The summed E-state index contributed by atoms with van der Waals surface area (Å²) in [5.74, 6) is 0.188.